The standard InChI is InChI=1S/C9H13NO2/c1-6-4-7(9(12)5-11)2-3-8(6)10/h2-4,9,11-12H,5,10H2,1H3/t9-/m1/s1. The van der Waals surface area contributed by atoms with E-state index in [4.69, 9.17) is 10.8 Å². The van der Waals surface area contributed by atoms with Gasteiger partial charge in [0, 0.05) is 5.69 Å². The number of nitrogens with two attached hydrogens (primary N) is 1. The van der Waals surface area contributed by atoms with Crippen molar-refractivity contribution in [2.75, 3.05) is 12.3 Å². The lowest BCUT2D eigenvalue weighted by Crippen LogP contribution is -2.03. The third-order valence-corrected chi connectivity index (χ3v) is 1.85. The van der Waals surface area contributed by atoms with Gasteiger partial charge < -0.3 is 15.9 Å². The van der Waals surface area contributed by atoms with Crippen molar-refractivity contribution in [3.63, 3.8) is 0 Å². The van der Waals surface area contributed by atoms with E-state index in [1.165, 1.54) is 0 Å². The van der Waals surface area contributed by atoms with E-state index in [1.807, 2.05) is 6.92 Å². The average Bonchev–Trinajstić information content (AvgIpc) is 2.08. The highest BCUT2D eigenvalue weighted by Crippen LogP contribution is 2.17. The summed E-state index contributed by atoms with van der Waals surface area (Å²) in [5.74, 6) is 0. The summed E-state index contributed by atoms with van der Waals surface area (Å²) in [5.41, 5.74) is 7.90. The molecule has 3 nitrogen and oxygen atoms in total. The fourth-order valence-electron chi connectivity index (χ4n) is 1.01. The first-order valence-corrected chi connectivity index (χ1v) is 3.80. The molecule has 12 heavy (non-hydrogen) atoms. The zero-order valence-corrected chi connectivity index (χ0v) is 6.99. The fraction of sp³-hybridized carbons (Fsp3) is 0.333. The Bertz CT molecular complexity index is 273. The summed E-state index contributed by atoms with van der Waals surface area (Å²) in [5, 5.41) is 17.9. The molecule has 1 aromatic carbocycles. The Morgan fingerprint density at radius 3 is 2.67 bits per heavy atom. The molecule has 4 N–H and O–H groups in total. The summed E-state index contributed by atoms with van der Waals surface area (Å²) < 4.78 is 0. The minimum Gasteiger partial charge on any atom is -0.399 e. The predicted octanol–water partition coefficient (Wildman–Crippen LogP) is 0.603. The molecule has 0 unspecified atom stereocenters. The molecule has 0 bridgehead atoms. The maximum atomic E-state index is 9.25. The van der Waals surface area contributed by atoms with Crippen LogP contribution < -0.4 is 5.73 Å². The van der Waals surface area contributed by atoms with Crippen molar-refractivity contribution in [2.24, 2.45) is 0 Å². The highest BCUT2D eigenvalue weighted by Gasteiger charge is 2.05. The summed E-state index contributed by atoms with van der Waals surface area (Å²) in [7, 11) is 0. The largest absolute Gasteiger partial charge is 0.399 e. The number of anilines is 1. The fourth-order valence-corrected chi connectivity index (χ4v) is 1.01. The maximum Gasteiger partial charge on any atom is 0.102 e. The summed E-state index contributed by atoms with van der Waals surface area (Å²) in [6.07, 6.45) is -0.802. The average molecular weight is 167 g/mol. The molecule has 0 spiro atoms. The van der Waals surface area contributed by atoms with Crippen LogP contribution in [0.25, 0.3) is 0 Å². The smallest absolute Gasteiger partial charge is 0.102 e. The molecule has 1 aromatic rings. The summed E-state index contributed by atoms with van der Waals surface area (Å²) in [6, 6.07) is 5.21. The van der Waals surface area contributed by atoms with Gasteiger partial charge in [0.1, 0.15) is 6.10 Å². The first kappa shape index (κ1) is 9.03. The van der Waals surface area contributed by atoms with Gasteiger partial charge in [-0.15, -0.1) is 0 Å². The Morgan fingerprint density at radius 2 is 2.17 bits per heavy atom. The third-order valence-electron chi connectivity index (χ3n) is 1.85. The zero-order valence-electron chi connectivity index (χ0n) is 6.99. The van der Waals surface area contributed by atoms with Gasteiger partial charge >= 0.3 is 0 Å². The molecular formula is C9H13NO2. The third kappa shape index (κ3) is 1.75. The summed E-state index contributed by atoms with van der Waals surface area (Å²) >= 11 is 0. The monoisotopic (exact) mass is 167 g/mol. The van der Waals surface area contributed by atoms with Crippen molar-refractivity contribution < 1.29 is 10.2 Å². The number of hydrogen-bond acceptors (Lipinski definition) is 3. The molecule has 0 aromatic heterocycles. The normalized spacial score (nSPS) is 12.9. The minimum atomic E-state index is -0.802. The molecule has 0 aliphatic carbocycles. The zero-order chi connectivity index (χ0) is 9.14. The number of aliphatic hydroxyl groups is 2. The molecule has 0 amide bonds. The van der Waals surface area contributed by atoms with E-state index in [1.54, 1.807) is 18.2 Å². The lowest BCUT2D eigenvalue weighted by Gasteiger charge is -2.09. The van der Waals surface area contributed by atoms with Crippen molar-refractivity contribution in [1.82, 2.24) is 0 Å². The van der Waals surface area contributed by atoms with Crippen LogP contribution in [0, 0.1) is 6.92 Å². The predicted molar refractivity (Wildman–Crippen MR) is 47.6 cm³/mol. The highest BCUT2D eigenvalue weighted by atomic mass is 16.3. The van der Waals surface area contributed by atoms with Crippen molar-refractivity contribution >= 4 is 5.69 Å². The second kappa shape index (κ2) is 3.56. The number of rotatable bonds is 2. The lowest BCUT2D eigenvalue weighted by atomic mass is 10.1. The van der Waals surface area contributed by atoms with Gasteiger partial charge in [0.15, 0.2) is 0 Å². The molecule has 1 atom stereocenters. The van der Waals surface area contributed by atoms with Crippen LogP contribution in [0.1, 0.15) is 17.2 Å². The van der Waals surface area contributed by atoms with Gasteiger partial charge in [-0.2, -0.15) is 0 Å². The lowest BCUT2D eigenvalue weighted by molar-refractivity contribution is 0.0956. The Hall–Kier alpha value is -1.06. The molecule has 3 heteroatoms. The van der Waals surface area contributed by atoms with E-state index < -0.39 is 6.10 Å². The number of hydrogen-bond donors (Lipinski definition) is 3. The first-order chi connectivity index (χ1) is 5.65. The quantitative estimate of drug-likeness (QED) is 0.565. The van der Waals surface area contributed by atoms with Crippen LogP contribution in [0.4, 0.5) is 5.69 Å². The van der Waals surface area contributed by atoms with E-state index in [9.17, 15) is 5.11 Å². The van der Waals surface area contributed by atoms with Gasteiger partial charge in [-0.05, 0) is 24.1 Å². The number of nitrogen functional groups attached to an aromatic ring is 1. The van der Waals surface area contributed by atoms with E-state index in [0.717, 1.165) is 5.56 Å². The first-order valence-electron chi connectivity index (χ1n) is 3.80. The molecular weight excluding hydrogens is 154 g/mol. The molecule has 0 radical (unpaired) electrons. The van der Waals surface area contributed by atoms with Crippen molar-refractivity contribution in [1.29, 1.82) is 0 Å². The Morgan fingerprint density at radius 1 is 1.50 bits per heavy atom. The van der Waals surface area contributed by atoms with E-state index in [-0.39, 0.29) is 6.61 Å². The molecule has 66 valence electrons. The van der Waals surface area contributed by atoms with Crippen LogP contribution in [-0.2, 0) is 0 Å². The topological polar surface area (TPSA) is 66.5 Å². The Labute approximate surface area is 71.5 Å². The van der Waals surface area contributed by atoms with Gasteiger partial charge in [0.25, 0.3) is 0 Å². The minimum absolute atomic E-state index is 0.261. The van der Waals surface area contributed by atoms with Crippen LogP contribution >= 0.6 is 0 Å². The van der Waals surface area contributed by atoms with Gasteiger partial charge in [0.05, 0.1) is 6.61 Å². The van der Waals surface area contributed by atoms with Gasteiger partial charge in [-0.25, -0.2) is 0 Å². The van der Waals surface area contributed by atoms with Crippen LogP contribution in [0.15, 0.2) is 18.2 Å². The van der Waals surface area contributed by atoms with Crippen LogP contribution in [0.3, 0.4) is 0 Å². The van der Waals surface area contributed by atoms with E-state index in [0.29, 0.717) is 11.3 Å². The molecule has 0 aliphatic rings. The number of aryl methyl sites for hydroxylation is 1. The molecule has 0 aliphatic heterocycles. The molecule has 0 fully saturated rings. The second-order valence-electron chi connectivity index (χ2n) is 2.81. The van der Waals surface area contributed by atoms with E-state index >= 15 is 0 Å². The Balaban J connectivity index is 2.96. The molecule has 0 saturated heterocycles. The SMILES string of the molecule is Cc1cc([C@H](O)CO)ccc1N. The number of aliphatic hydroxyl groups excluding tert-OH is 2. The Kier molecular flexibility index (Phi) is 2.68. The number of benzene rings is 1. The van der Waals surface area contributed by atoms with Crippen LogP contribution in [0.5, 0.6) is 0 Å². The maximum absolute atomic E-state index is 9.25. The van der Waals surface area contributed by atoms with E-state index in [2.05, 4.69) is 0 Å². The van der Waals surface area contributed by atoms with Crippen LogP contribution in [0.2, 0.25) is 0 Å². The van der Waals surface area contributed by atoms with Crippen molar-refractivity contribution in [3.05, 3.63) is 29.3 Å². The highest BCUT2D eigenvalue weighted by molar-refractivity contribution is 5.48. The molecule has 0 saturated carbocycles. The molecule has 0 heterocycles. The summed E-state index contributed by atoms with van der Waals surface area (Å²) in [6.45, 7) is 1.60. The van der Waals surface area contributed by atoms with Gasteiger partial charge in [-0.1, -0.05) is 12.1 Å². The molecule has 1 rings (SSSR count). The van der Waals surface area contributed by atoms with Crippen LogP contribution in [-0.4, -0.2) is 16.8 Å². The van der Waals surface area contributed by atoms with Crippen molar-refractivity contribution in [3.8, 4) is 0 Å². The van der Waals surface area contributed by atoms with Crippen molar-refractivity contribution in [2.45, 2.75) is 13.0 Å². The second-order valence-corrected chi connectivity index (χ2v) is 2.81. The summed E-state index contributed by atoms with van der Waals surface area (Å²) in [4.78, 5) is 0. The van der Waals surface area contributed by atoms with Gasteiger partial charge in [-0.3, -0.25) is 0 Å². The van der Waals surface area contributed by atoms with Gasteiger partial charge in [0.2, 0.25) is 0 Å².